The topological polar surface area (TPSA) is 55.4 Å². The minimum Gasteiger partial charge on any atom is -0.380 e. The van der Waals surface area contributed by atoms with Gasteiger partial charge in [0.05, 0.1) is 11.5 Å². The summed E-state index contributed by atoms with van der Waals surface area (Å²) in [4.78, 5) is 0.294. The highest BCUT2D eigenvalue weighted by atomic mass is 35.5. The molecule has 2 rings (SSSR count). The molecule has 0 amide bonds. The maximum atomic E-state index is 12.5. The first-order valence-corrected chi connectivity index (χ1v) is 7.72. The van der Waals surface area contributed by atoms with Crippen molar-refractivity contribution < 1.29 is 13.2 Å². The molecule has 0 spiro atoms. The minimum atomic E-state index is -3.39. The van der Waals surface area contributed by atoms with E-state index in [0.717, 1.165) is 0 Å². The Morgan fingerprint density at radius 3 is 2.61 bits per heavy atom. The number of halogens is 1. The van der Waals surface area contributed by atoms with Crippen molar-refractivity contribution in [2.45, 2.75) is 22.6 Å². The molecule has 6 heteroatoms. The lowest BCUT2D eigenvalue weighted by molar-refractivity contribution is 0.0825. The molecule has 0 aliphatic carbocycles. The van der Waals surface area contributed by atoms with Gasteiger partial charge in [-0.1, -0.05) is 11.6 Å². The number of hydrogen-bond acceptors (Lipinski definition) is 4. The number of benzene rings is 1. The zero-order valence-electron chi connectivity index (χ0n) is 10.1. The lowest BCUT2D eigenvalue weighted by atomic mass is 10.1. The number of ether oxygens (including phenoxy) is 1. The summed E-state index contributed by atoms with van der Waals surface area (Å²) in [6.45, 7) is 0.828. The highest BCUT2D eigenvalue weighted by Gasteiger charge is 2.36. The van der Waals surface area contributed by atoms with Gasteiger partial charge in [-0.25, -0.2) is 8.42 Å². The first kappa shape index (κ1) is 13.8. The van der Waals surface area contributed by atoms with Gasteiger partial charge in [-0.15, -0.1) is 0 Å². The van der Waals surface area contributed by atoms with Crippen LogP contribution in [0, 0.1) is 0 Å². The molecule has 0 radical (unpaired) electrons. The number of nitrogens with one attached hydrogen (secondary N) is 1. The molecule has 1 aromatic carbocycles. The zero-order chi connectivity index (χ0) is 13.2. The Hall–Kier alpha value is -0.620. The van der Waals surface area contributed by atoms with Gasteiger partial charge in [0.15, 0.2) is 9.84 Å². The molecule has 2 unspecified atom stereocenters. The third kappa shape index (κ3) is 2.69. The minimum absolute atomic E-state index is 0.0700. The van der Waals surface area contributed by atoms with Crippen LogP contribution in [0.2, 0.25) is 5.02 Å². The molecule has 18 heavy (non-hydrogen) atoms. The van der Waals surface area contributed by atoms with Crippen LogP contribution in [-0.4, -0.2) is 40.0 Å². The third-order valence-electron chi connectivity index (χ3n) is 3.22. The Balaban J connectivity index is 2.32. The zero-order valence-corrected chi connectivity index (χ0v) is 11.7. The number of sulfone groups is 1. The summed E-state index contributed by atoms with van der Waals surface area (Å²) in [6.07, 6.45) is 0.702. The van der Waals surface area contributed by atoms with Gasteiger partial charge in [0.1, 0.15) is 5.25 Å². The second kappa shape index (κ2) is 5.57. The van der Waals surface area contributed by atoms with Crippen LogP contribution in [0.3, 0.4) is 0 Å². The molecule has 4 nitrogen and oxygen atoms in total. The Morgan fingerprint density at radius 2 is 2.00 bits per heavy atom. The van der Waals surface area contributed by atoms with E-state index in [1.807, 2.05) is 0 Å². The van der Waals surface area contributed by atoms with Crippen LogP contribution in [0.1, 0.15) is 6.42 Å². The molecular formula is C12H16ClNO3S. The van der Waals surface area contributed by atoms with E-state index in [4.69, 9.17) is 16.3 Å². The van der Waals surface area contributed by atoms with Gasteiger partial charge in [0.25, 0.3) is 0 Å². The number of rotatable bonds is 3. The summed E-state index contributed by atoms with van der Waals surface area (Å²) in [5, 5.41) is 3.04. The van der Waals surface area contributed by atoms with Crippen LogP contribution >= 0.6 is 11.6 Å². The van der Waals surface area contributed by atoms with E-state index >= 15 is 0 Å². The monoisotopic (exact) mass is 289 g/mol. The maximum Gasteiger partial charge on any atom is 0.185 e. The molecule has 1 aliphatic heterocycles. The van der Waals surface area contributed by atoms with Crippen LogP contribution in [0.5, 0.6) is 0 Å². The van der Waals surface area contributed by atoms with Crippen LogP contribution < -0.4 is 5.32 Å². The molecule has 0 saturated carbocycles. The molecule has 100 valence electrons. The molecule has 0 bridgehead atoms. The van der Waals surface area contributed by atoms with Crippen molar-refractivity contribution in [2.75, 3.05) is 20.3 Å². The normalized spacial score (nSPS) is 25.0. The van der Waals surface area contributed by atoms with Crippen molar-refractivity contribution in [1.29, 1.82) is 0 Å². The van der Waals surface area contributed by atoms with Crippen molar-refractivity contribution in [1.82, 2.24) is 5.32 Å². The van der Waals surface area contributed by atoms with E-state index in [1.165, 1.54) is 0 Å². The highest BCUT2D eigenvalue weighted by molar-refractivity contribution is 7.92. The fourth-order valence-corrected chi connectivity index (χ4v) is 4.12. The molecule has 1 heterocycles. The predicted octanol–water partition coefficient (Wildman–Crippen LogP) is 1.49. The van der Waals surface area contributed by atoms with Gasteiger partial charge in [0, 0.05) is 17.7 Å². The Morgan fingerprint density at radius 1 is 1.33 bits per heavy atom. The molecule has 1 aromatic rings. The third-order valence-corrected chi connectivity index (χ3v) is 5.66. The predicted molar refractivity (Wildman–Crippen MR) is 70.7 cm³/mol. The summed E-state index contributed by atoms with van der Waals surface area (Å²) in [6, 6.07) is 6.19. The van der Waals surface area contributed by atoms with E-state index in [-0.39, 0.29) is 12.6 Å². The van der Waals surface area contributed by atoms with E-state index < -0.39 is 15.1 Å². The lowest BCUT2D eigenvalue weighted by Crippen LogP contribution is -2.49. The molecule has 1 saturated heterocycles. The smallest absolute Gasteiger partial charge is 0.185 e. The molecule has 2 atom stereocenters. The van der Waals surface area contributed by atoms with Gasteiger partial charge < -0.3 is 10.1 Å². The maximum absolute atomic E-state index is 12.5. The fourth-order valence-electron chi connectivity index (χ4n) is 2.15. The SMILES string of the molecule is CNC1CCOCC1S(=O)(=O)c1ccc(Cl)cc1. The van der Waals surface area contributed by atoms with E-state index in [0.29, 0.717) is 22.9 Å². The molecule has 1 N–H and O–H groups in total. The highest BCUT2D eigenvalue weighted by Crippen LogP contribution is 2.24. The quantitative estimate of drug-likeness (QED) is 0.916. The molecule has 0 aromatic heterocycles. The molecule has 1 aliphatic rings. The summed E-state index contributed by atoms with van der Waals surface area (Å²) in [7, 11) is -1.61. The van der Waals surface area contributed by atoms with Gasteiger partial charge in [0.2, 0.25) is 0 Å². The van der Waals surface area contributed by atoms with Crippen molar-refractivity contribution in [3.8, 4) is 0 Å². The lowest BCUT2D eigenvalue weighted by Gasteiger charge is -2.30. The van der Waals surface area contributed by atoms with Crippen LogP contribution in [-0.2, 0) is 14.6 Å². The average Bonchev–Trinajstić information content (AvgIpc) is 2.39. The van der Waals surface area contributed by atoms with E-state index in [9.17, 15) is 8.42 Å². The Kier molecular flexibility index (Phi) is 4.27. The van der Waals surface area contributed by atoms with E-state index in [1.54, 1.807) is 31.3 Å². The standard InChI is InChI=1S/C12H16ClNO3S/c1-14-11-6-7-17-8-12(11)18(15,16)10-4-2-9(13)3-5-10/h2-5,11-12,14H,6-8H2,1H3. The van der Waals surface area contributed by atoms with Gasteiger partial charge in [-0.2, -0.15) is 0 Å². The van der Waals surface area contributed by atoms with Gasteiger partial charge >= 0.3 is 0 Å². The van der Waals surface area contributed by atoms with E-state index in [2.05, 4.69) is 5.32 Å². The van der Waals surface area contributed by atoms with Crippen LogP contribution in [0.4, 0.5) is 0 Å². The van der Waals surface area contributed by atoms with Gasteiger partial charge in [-0.3, -0.25) is 0 Å². The van der Waals surface area contributed by atoms with Crippen LogP contribution in [0.25, 0.3) is 0 Å². The van der Waals surface area contributed by atoms with Gasteiger partial charge in [-0.05, 0) is 37.7 Å². The van der Waals surface area contributed by atoms with Crippen LogP contribution in [0.15, 0.2) is 29.2 Å². The Labute approximate surface area is 112 Å². The fraction of sp³-hybridized carbons (Fsp3) is 0.500. The second-order valence-electron chi connectivity index (χ2n) is 4.30. The summed E-state index contributed by atoms with van der Waals surface area (Å²) in [5.41, 5.74) is 0. The summed E-state index contributed by atoms with van der Waals surface area (Å²) in [5.74, 6) is 0. The largest absolute Gasteiger partial charge is 0.380 e. The Bertz CT molecular complexity index is 501. The molecular weight excluding hydrogens is 274 g/mol. The van der Waals surface area contributed by atoms with Crippen molar-refractivity contribution in [3.05, 3.63) is 29.3 Å². The summed E-state index contributed by atoms with van der Waals surface area (Å²) >= 11 is 5.77. The summed E-state index contributed by atoms with van der Waals surface area (Å²) < 4.78 is 30.3. The average molecular weight is 290 g/mol. The second-order valence-corrected chi connectivity index (χ2v) is 6.90. The first-order chi connectivity index (χ1) is 8.55. The van der Waals surface area contributed by atoms with Crippen molar-refractivity contribution in [3.63, 3.8) is 0 Å². The van der Waals surface area contributed by atoms with Crippen molar-refractivity contribution in [2.24, 2.45) is 0 Å². The van der Waals surface area contributed by atoms with Crippen molar-refractivity contribution >= 4 is 21.4 Å². The molecule has 1 fully saturated rings. The number of hydrogen-bond donors (Lipinski definition) is 1. The first-order valence-electron chi connectivity index (χ1n) is 5.80.